The molecular weight excluding hydrogens is 671 g/mol. The van der Waals surface area contributed by atoms with Crippen LogP contribution >= 0.6 is 22.7 Å². The van der Waals surface area contributed by atoms with Crippen LogP contribution in [0.5, 0.6) is 0 Å². The van der Waals surface area contributed by atoms with E-state index in [9.17, 15) is 0 Å². The fourth-order valence-electron chi connectivity index (χ4n) is 7.87. The maximum atomic E-state index is 7.02. The van der Waals surface area contributed by atoms with Crippen LogP contribution in [0.2, 0.25) is 0 Å². The van der Waals surface area contributed by atoms with Crippen LogP contribution in [0.3, 0.4) is 0 Å². The third-order valence-electron chi connectivity index (χ3n) is 10.3. The Bertz CT molecular complexity index is 3150. The average molecular weight is 700 g/mol. The Kier molecular flexibility index (Phi) is 6.63. The van der Waals surface area contributed by atoms with Gasteiger partial charge in [0, 0.05) is 57.7 Å². The Labute approximate surface area is 308 Å². The predicted molar refractivity (Wildman–Crippen MR) is 225 cm³/mol. The summed E-state index contributed by atoms with van der Waals surface area (Å²) in [5.41, 5.74) is 9.60. The molecule has 3 heterocycles. The summed E-state index contributed by atoms with van der Waals surface area (Å²) in [6, 6.07) is 63.6. The van der Waals surface area contributed by atoms with Crippen molar-refractivity contribution in [2.24, 2.45) is 0 Å². The number of nitrogens with zero attached hydrogens (tertiary/aromatic N) is 1. The van der Waals surface area contributed by atoms with E-state index in [1.807, 2.05) is 22.7 Å². The molecule has 244 valence electrons. The quantitative estimate of drug-likeness (QED) is 0.178. The van der Waals surface area contributed by atoms with E-state index in [4.69, 9.17) is 4.42 Å². The van der Waals surface area contributed by atoms with Gasteiger partial charge in [-0.05, 0) is 65.2 Å². The summed E-state index contributed by atoms with van der Waals surface area (Å²) in [4.78, 5) is 2.41. The summed E-state index contributed by atoms with van der Waals surface area (Å²) in [6.45, 7) is 0. The van der Waals surface area contributed by atoms with Crippen molar-refractivity contribution >= 4 is 102 Å². The molecule has 0 saturated heterocycles. The molecular formula is C48H29NOS2. The Morgan fingerprint density at radius 1 is 0.365 bits per heavy atom. The van der Waals surface area contributed by atoms with Gasteiger partial charge in [-0.25, -0.2) is 0 Å². The van der Waals surface area contributed by atoms with Crippen LogP contribution in [0.15, 0.2) is 180 Å². The lowest BCUT2D eigenvalue weighted by molar-refractivity contribution is 0.670. The van der Waals surface area contributed by atoms with Crippen LogP contribution in [-0.4, -0.2) is 0 Å². The lowest BCUT2D eigenvalue weighted by Gasteiger charge is -2.26. The fraction of sp³-hybridized carbons (Fsp3) is 0. The fourth-order valence-corrected chi connectivity index (χ4v) is 10.2. The van der Waals surface area contributed by atoms with Gasteiger partial charge in [-0.2, -0.15) is 0 Å². The zero-order chi connectivity index (χ0) is 34.2. The number of fused-ring (bicyclic) bond motifs is 9. The van der Waals surface area contributed by atoms with Crippen molar-refractivity contribution in [2.75, 3.05) is 4.90 Å². The number of hydrogen-bond donors (Lipinski definition) is 0. The van der Waals surface area contributed by atoms with E-state index in [-0.39, 0.29) is 0 Å². The molecule has 0 saturated carbocycles. The van der Waals surface area contributed by atoms with Crippen LogP contribution in [-0.2, 0) is 0 Å². The van der Waals surface area contributed by atoms with E-state index in [1.165, 1.54) is 51.5 Å². The number of hydrogen-bond acceptors (Lipinski definition) is 4. The second kappa shape index (κ2) is 11.7. The van der Waals surface area contributed by atoms with Crippen molar-refractivity contribution in [2.45, 2.75) is 0 Å². The Hall–Kier alpha value is -6.20. The van der Waals surface area contributed by atoms with Crippen LogP contribution in [0, 0.1) is 0 Å². The zero-order valence-corrected chi connectivity index (χ0v) is 29.5. The highest BCUT2D eigenvalue weighted by atomic mass is 32.1. The van der Waals surface area contributed by atoms with Crippen molar-refractivity contribution in [3.63, 3.8) is 0 Å². The molecule has 0 aliphatic carbocycles. The average Bonchev–Trinajstić information content (AvgIpc) is 3.90. The largest absolute Gasteiger partial charge is 0.453 e. The Morgan fingerprint density at radius 2 is 0.962 bits per heavy atom. The Balaban J connectivity index is 1.17. The molecule has 52 heavy (non-hydrogen) atoms. The molecule has 0 bridgehead atoms. The van der Waals surface area contributed by atoms with Crippen LogP contribution in [0.25, 0.3) is 84.5 Å². The molecule has 3 aromatic heterocycles. The van der Waals surface area contributed by atoms with Crippen molar-refractivity contribution in [3.05, 3.63) is 176 Å². The molecule has 2 nitrogen and oxygen atoms in total. The van der Waals surface area contributed by atoms with Crippen LogP contribution < -0.4 is 4.90 Å². The third-order valence-corrected chi connectivity index (χ3v) is 12.6. The molecule has 0 aliphatic heterocycles. The molecule has 0 amide bonds. The first-order valence-electron chi connectivity index (χ1n) is 17.5. The number of para-hydroxylation sites is 2. The molecule has 8 aromatic carbocycles. The summed E-state index contributed by atoms with van der Waals surface area (Å²) in [7, 11) is 0. The molecule has 0 fully saturated rings. The van der Waals surface area contributed by atoms with E-state index in [2.05, 4.69) is 181 Å². The van der Waals surface area contributed by atoms with Crippen molar-refractivity contribution in [3.8, 4) is 22.3 Å². The monoisotopic (exact) mass is 699 g/mol. The first kappa shape index (κ1) is 29.5. The predicted octanol–water partition coefficient (Wildman–Crippen LogP) is 15.1. The van der Waals surface area contributed by atoms with E-state index in [1.54, 1.807) is 0 Å². The van der Waals surface area contributed by atoms with Gasteiger partial charge in [0.15, 0.2) is 5.58 Å². The van der Waals surface area contributed by atoms with Crippen LogP contribution in [0.1, 0.15) is 0 Å². The van der Waals surface area contributed by atoms with Gasteiger partial charge in [-0.1, -0.05) is 127 Å². The highest BCUT2D eigenvalue weighted by molar-refractivity contribution is 7.26. The summed E-state index contributed by atoms with van der Waals surface area (Å²) in [5, 5.41) is 7.37. The number of benzene rings is 8. The number of rotatable bonds is 5. The third kappa shape index (κ3) is 4.55. The van der Waals surface area contributed by atoms with Gasteiger partial charge in [0.1, 0.15) is 5.58 Å². The first-order valence-corrected chi connectivity index (χ1v) is 19.1. The maximum absolute atomic E-state index is 7.02. The minimum atomic E-state index is 0.871. The molecule has 0 radical (unpaired) electrons. The van der Waals surface area contributed by atoms with Crippen LogP contribution in [0.4, 0.5) is 17.1 Å². The van der Waals surface area contributed by atoms with E-state index in [0.717, 1.165) is 50.1 Å². The van der Waals surface area contributed by atoms with E-state index >= 15 is 0 Å². The maximum Gasteiger partial charge on any atom is 0.159 e. The van der Waals surface area contributed by atoms with Gasteiger partial charge in [0.05, 0.1) is 16.1 Å². The molecule has 0 aliphatic rings. The summed E-state index contributed by atoms with van der Waals surface area (Å²) in [6.07, 6.45) is 0. The van der Waals surface area contributed by atoms with Gasteiger partial charge in [-0.3, -0.25) is 0 Å². The summed E-state index contributed by atoms with van der Waals surface area (Å²) < 4.78 is 12.2. The zero-order valence-electron chi connectivity index (χ0n) is 27.9. The molecule has 4 heteroatoms. The lowest BCUT2D eigenvalue weighted by atomic mass is 10.0. The number of furan rings is 1. The van der Waals surface area contributed by atoms with Gasteiger partial charge in [0.25, 0.3) is 0 Å². The first-order chi connectivity index (χ1) is 25.8. The topological polar surface area (TPSA) is 16.4 Å². The van der Waals surface area contributed by atoms with Gasteiger partial charge < -0.3 is 9.32 Å². The van der Waals surface area contributed by atoms with Crippen molar-refractivity contribution < 1.29 is 4.42 Å². The normalized spacial score (nSPS) is 11.8. The smallest absolute Gasteiger partial charge is 0.159 e. The standard InChI is InChI=1S/C48H29NOS2/c1-2-12-30(13-3-1)34-18-9-19-37-38-20-10-22-41(47(38)50-46(34)37)49(42-23-11-21-39-35-16-4-7-25-44(35)52-48(39)42)33-15-8-14-31(28-33)32-26-27-45-40(29-32)36-17-5-6-24-43(36)51-45/h1-29H. The summed E-state index contributed by atoms with van der Waals surface area (Å²) in [5.74, 6) is 0. The number of thiophene rings is 2. The van der Waals surface area contributed by atoms with Gasteiger partial charge >= 0.3 is 0 Å². The van der Waals surface area contributed by atoms with E-state index in [0.29, 0.717) is 0 Å². The van der Waals surface area contributed by atoms with Gasteiger partial charge in [0.2, 0.25) is 0 Å². The molecule has 0 spiro atoms. The molecule has 11 aromatic rings. The van der Waals surface area contributed by atoms with Gasteiger partial charge in [-0.15, -0.1) is 22.7 Å². The second-order valence-corrected chi connectivity index (χ2v) is 15.4. The highest BCUT2D eigenvalue weighted by Crippen LogP contribution is 2.49. The highest BCUT2D eigenvalue weighted by Gasteiger charge is 2.23. The second-order valence-electron chi connectivity index (χ2n) is 13.3. The number of anilines is 3. The molecule has 0 atom stereocenters. The molecule has 0 N–H and O–H groups in total. The Morgan fingerprint density at radius 3 is 1.81 bits per heavy atom. The minimum absolute atomic E-state index is 0.871. The molecule has 11 rings (SSSR count). The minimum Gasteiger partial charge on any atom is -0.453 e. The SMILES string of the molecule is c1ccc(-c2cccc3c2oc2c(N(c4cccc(-c5ccc6sc7ccccc7c6c5)c4)c4cccc5c4sc4ccccc45)cccc23)cc1. The lowest BCUT2D eigenvalue weighted by Crippen LogP contribution is -2.10. The van der Waals surface area contributed by atoms with Crippen molar-refractivity contribution in [1.29, 1.82) is 0 Å². The molecule has 0 unspecified atom stereocenters. The van der Waals surface area contributed by atoms with E-state index < -0.39 is 0 Å². The summed E-state index contributed by atoms with van der Waals surface area (Å²) >= 11 is 3.70. The van der Waals surface area contributed by atoms with Crippen molar-refractivity contribution in [1.82, 2.24) is 0 Å².